The molecule has 1 aromatic carbocycles. The molecule has 0 fully saturated rings. The molecule has 24 heavy (non-hydrogen) atoms. The van der Waals surface area contributed by atoms with Gasteiger partial charge in [-0.2, -0.15) is 0 Å². The fourth-order valence-electron chi connectivity index (χ4n) is 2.53. The number of rotatable bonds is 10. The summed E-state index contributed by atoms with van der Waals surface area (Å²) in [7, 11) is -1.50. The lowest BCUT2D eigenvalue weighted by molar-refractivity contribution is -0.121. The normalized spacial score (nSPS) is 12.9. The molecule has 1 N–H and O–H groups in total. The molecule has 1 aromatic rings. The zero-order valence-corrected chi connectivity index (χ0v) is 15.7. The molecule has 7 heteroatoms. The number of carbonyl (C=O) groups excluding carboxylic acids is 1. The molecule has 1 atom stereocenters. The zero-order valence-electron chi connectivity index (χ0n) is 14.9. The molecular formula is C17H28N2O4S. The summed E-state index contributed by atoms with van der Waals surface area (Å²) in [6, 6.07) is 7.82. The SMILES string of the molecule is CCN(CC)C(CNC(=O)CCS(C)(=O)=O)c1ccc(OC)cc1. The van der Waals surface area contributed by atoms with Gasteiger partial charge in [-0.3, -0.25) is 9.69 Å². The highest BCUT2D eigenvalue weighted by molar-refractivity contribution is 7.90. The van der Waals surface area contributed by atoms with Gasteiger partial charge in [0.25, 0.3) is 0 Å². The van der Waals surface area contributed by atoms with Crippen LogP contribution in [0.25, 0.3) is 0 Å². The number of ether oxygens (including phenoxy) is 1. The van der Waals surface area contributed by atoms with E-state index in [1.807, 2.05) is 24.3 Å². The van der Waals surface area contributed by atoms with Crippen molar-refractivity contribution in [2.45, 2.75) is 26.3 Å². The van der Waals surface area contributed by atoms with Crippen LogP contribution in [0.4, 0.5) is 0 Å². The van der Waals surface area contributed by atoms with Gasteiger partial charge in [0.15, 0.2) is 0 Å². The quantitative estimate of drug-likeness (QED) is 0.690. The van der Waals surface area contributed by atoms with Crippen molar-refractivity contribution in [3.63, 3.8) is 0 Å². The monoisotopic (exact) mass is 356 g/mol. The van der Waals surface area contributed by atoms with E-state index in [9.17, 15) is 13.2 Å². The number of carbonyl (C=O) groups is 1. The molecule has 0 saturated carbocycles. The van der Waals surface area contributed by atoms with Crippen LogP contribution < -0.4 is 10.1 Å². The molecule has 0 heterocycles. The van der Waals surface area contributed by atoms with Crippen LogP contribution in [-0.2, 0) is 14.6 Å². The van der Waals surface area contributed by atoms with Crippen molar-refractivity contribution in [2.24, 2.45) is 0 Å². The van der Waals surface area contributed by atoms with Crippen molar-refractivity contribution in [3.8, 4) is 5.75 Å². The Morgan fingerprint density at radius 1 is 1.21 bits per heavy atom. The van der Waals surface area contributed by atoms with E-state index >= 15 is 0 Å². The van der Waals surface area contributed by atoms with Gasteiger partial charge >= 0.3 is 0 Å². The van der Waals surface area contributed by atoms with Gasteiger partial charge in [-0.05, 0) is 30.8 Å². The van der Waals surface area contributed by atoms with E-state index in [1.54, 1.807) is 7.11 Å². The summed E-state index contributed by atoms with van der Waals surface area (Å²) in [4.78, 5) is 14.2. The average molecular weight is 356 g/mol. The fraction of sp³-hybridized carbons (Fsp3) is 0.588. The van der Waals surface area contributed by atoms with Gasteiger partial charge in [-0.15, -0.1) is 0 Å². The molecule has 1 amide bonds. The van der Waals surface area contributed by atoms with Crippen molar-refractivity contribution in [1.29, 1.82) is 0 Å². The van der Waals surface area contributed by atoms with Crippen LogP contribution in [0.2, 0.25) is 0 Å². The lowest BCUT2D eigenvalue weighted by Crippen LogP contribution is -2.38. The van der Waals surface area contributed by atoms with Gasteiger partial charge in [-0.25, -0.2) is 8.42 Å². The van der Waals surface area contributed by atoms with E-state index < -0.39 is 9.84 Å². The summed E-state index contributed by atoms with van der Waals surface area (Å²) in [5, 5.41) is 2.86. The third-order valence-electron chi connectivity index (χ3n) is 3.95. The summed E-state index contributed by atoms with van der Waals surface area (Å²) < 4.78 is 27.5. The Morgan fingerprint density at radius 2 is 1.79 bits per heavy atom. The standard InChI is InChI=1S/C17H28N2O4S/c1-5-19(6-2)16(14-7-9-15(23-3)10-8-14)13-18-17(20)11-12-24(4,21)22/h7-10,16H,5-6,11-13H2,1-4H3,(H,18,20). The first kappa shape index (κ1) is 20.4. The first-order valence-electron chi connectivity index (χ1n) is 8.13. The minimum atomic E-state index is -3.13. The topological polar surface area (TPSA) is 75.7 Å². The van der Waals surface area contributed by atoms with E-state index in [-0.39, 0.29) is 24.1 Å². The molecular weight excluding hydrogens is 328 g/mol. The summed E-state index contributed by atoms with van der Waals surface area (Å²) in [6.45, 7) is 6.30. The van der Waals surface area contributed by atoms with Crippen LogP contribution in [0.15, 0.2) is 24.3 Å². The minimum Gasteiger partial charge on any atom is -0.497 e. The van der Waals surface area contributed by atoms with E-state index in [0.717, 1.165) is 30.7 Å². The summed E-state index contributed by atoms with van der Waals surface area (Å²) in [6.07, 6.45) is 1.13. The van der Waals surface area contributed by atoms with Crippen LogP contribution in [0.5, 0.6) is 5.75 Å². The van der Waals surface area contributed by atoms with Gasteiger partial charge in [0.2, 0.25) is 5.91 Å². The Bertz CT molecular complexity index is 610. The Balaban J connectivity index is 2.77. The van der Waals surface area contributed by atoms with Gasteiger partial charge in [-0.1, -0.05) is 26.0 Å². The molecule has 0 bridgehead atoms. The summed E-state index contributed by atoms with van der Waals surface area (Å²) >= 11 is 0. The molecule has 0 saturated heterocycles. The number of likely N-dealkylation sites (N-methyl/N-ethyl adjacent to an activating group) is 1. The number of benzene rings is 1. The highest BCUT2D eigenvalue weighted by Gasteiger charge is 2.19. The Kier molecular flexibility index (Phi) is 8.21. The lowest BCUT2D eigenvalue weighted by Gasteiger charge is -2.30. The first-order valence-corrected chi connectivity index (χ1v) is 10.2. The van der Waals surface area contributed by atoms with Crippen molar-refractivity contribution >= 4 is 15.7 Å². The molecule has 0 spiro atoms. The maximum atomic E-state index is 11.9. The number of sulfone groups is 1. The Morgan fingerprint density at radius 3 is 2.25 bits per heavy atom. The largest absolute Gasteiger partial charge is 0.497 e. The highest BCUT2D eigenvalue weighted by Crippen LogP contribution is 2.22. The van der Waals surface area contributed by atoms with Crippen molar-refractivity contribution in [2.75, 3.05) is 38.8 Å². The smallest absolute Gasteiger partial charge is 0.221 e. The predicted octanol–water partition coefficient (Wildman–Crippen LogP) is 1.63. The summed E-state index contributed by atoms with van der Waals surface area (Å²) in [5.41, 5.74) is 1.09. The number of hydrogen-bond acceptors (Lipinski definition) is 5. The second-order valence-corrected chi connectivity index (χ2v) is 7.95. The number of hydrogen-bond donors (Lipinski definition) is 1. The van der Waals surface area contributed by atoms with Gasteiger partial charge in [0, 0.05) is 19.2 Å². The van der Waals surface area contributed by atoms with Crippen molar-refractivity contribution < 1.29 is 17.9 Å². The molecule has 0 aromatic heterocycles. The lowest BCUT2D eigenvalue weighted by atomic mass is 10.0. The molecule has 0 aliphatic heterocycles. The van der Waals surface area contributed by atoms with Crippen molar-refractivity contribution in [3.05, 3.63) is 29.8 Å². The van der Waals surface area contributed by atoms with E-state index in [2.05, 4.69) is 24.1 Å². The zero-order chi connectivity index (χ0) is 18.2. The molecule has 6 nitrogen and oxygen atoms in total. The second kappa shape index (κ2) is 9.64. The predicted molar refractivity (Wildman–Crippen MR) is 96.0 cm³/mol. The number of nitrogens with one attached hydrogen (secondary N) is 1. The summed E-state index contributed by atoms with van der Waals surface area (Å²) in [5.74, 6) is 0.414. The maximum Gasteiger partial charge on any atom is 0.221 e. The van der Waals surface area contributed by atoms with E-state index in [1.165, 1.54) is 0 Å². The van der Waals surface area contributed by atoms with Gasteiger partial charge in [0.05, 0.1) is 18.9 Å². The molecule has 1 unspecified atom stereocenters. The maximum absolute atomic E-state index is 11.9. The number of methoxy groups -OCH3 is 1. The molecule has 1 rings (SSSR count). The van der Waals surface area contributed by atoms with Gasteiger partial charge < -0.3 is 10.1 Å². The Labute approximate surface area is 145 Å². The molecule has 0 aliphatic rings. The van der Waals surface area contributed by atoms with Crippen LogP contribution in [0.3, 0.4) is 0 Å². The molecule has 0 aliphatic carbocycles. The van der Waals surface area contributed by atoms with E-state index in [4.69, 9.17) is 4.74 Å². The third kappa shape index (κ3) is 6.88. The van der Waals surface area contributed by atoms with E-state index in [0.29, 0.717) is 6.54 Å². The van der Waals surface area contributed by atoms with Crippen molar-refractivity contribution in [1.82, 2.24) is 10.2 Å². The van der Waals surface area contributed by atoms with Crippen LogP contribution in [0, 0.1) is 0 Å². The number of nitrogens with zero attached hydrogens (tertiary/aromatic N) is 1. The molecule has 0 radical (unpaired) electrons. The first-order chi connectivity index (χ1) is 11.3. The number of amides is 1. The Hall–Kier alpha value is -1.60. The second-order valence-electron chi connectivity index (χ2n) is 5.69. The fourth-order valence-corrected chi connectivity index (χ4v) is 3.08. The third-order valence-corrected chi connectivity index (χ3v) is 4.89. The average Bonchev–Trinajstić information content (AvgIpc) is 2.56. The van der Waals surface area contributed by atoms with Crippen LogP contribution in [-0.4, -0.2) is 58.0 Å². The highest BCUT2D eigenvalue weighted by atomic mass is 32.2. The minimum absolute atomic E-state index is 0.00752. The van der Waals surface area contributed by atoms with Crippen LogP contribution in [0.1, 0.15) is 31.9 Å². The van der Waals surface area contributed by atoms with Crippen LogP contribution >= 0.6 is 0 Å². The van der Waals surface area contributed by atoms with Gasteiger partial charge in [0.1, 0.15) is 15.6 Å². The molecule has 136 valence electrons.